The minimum absolute atomic E-state index is 0.597. The second kappa shape index (κ2) is 8.59. The zero-order chi connectivity index (χ0) is 22.7. The Bertz CT molecular complexity index is 1250. The third-order valence-electron chi connectivity index (χ3n) is 4.97. The lowest BCUT2D eigenvalue weighted by Crippen LogP contribution is -2.45. The Morgan fingerprint density at radius 2 is 1.62 bits per heavy atom. The smallest absolute Gasteiger partial charge is 0.412 e. The molecule has 6 heteroatoms. The predicted molar refractivity (Wildman–Crippen MR) is 128 cm³/mol. The van der Waals surface area contributed by atoms with E-state index in [0.717, 1.165) is 16.5 Å². The van der Waals surface area contributed by atoms with Gasteiger partial charge >= 0.3 is 6.09 Å². The van der Waals surface area contributed by atoms with Gasteiger partial charge in [-0.2, -0.15) is 0 Å². The van der Waals surface area contributed by atoms with Gasteiger partial charge in [0.25, 0.3) is 0 Å². The van der Waals surface area contributed by atoms with Crippen LogP contribution in [-0.2, 0) is 0 Å². The molecule has 0 saturated heterocycles. The second-order valence-corrected chi connectivity index (χ2v) is 8.39. The number of carboxylic acid groups (broad SMARTS) is 1. The van der Waals surface area contributed by atoms with Crippen molar-refractivity contribution in [1.29, 1.82) is 0 Å². The van der Waals surface area contributed by atoms with Crippen LogP contribution < -0.4 is 15.0 Å². The van der Waals surface area contributed by atoms with Crippen molar-refractivity contribution in [1.82, 2.24) is 4.98 Å². The first-order valence-electron chi connectivity index (χ1n) is 10.3. The van der Waals surface area contributed by atoms with Crippen molar-refractivity contribution < 1.29 is 14.6 Å². The maximum atomic E-state index is 12.0. The van der Waals surface area contributed by atoms with Gasteiger partial charge in [-0.25, -0.2) is 9.78 Å². The number of pyridine rings is 1. The van der Waals surface area contributed by atoms with Gasteiger partial charge in [0.05, 0.1) is 5.69 Å². The molecule has 3 aromatic carbocycles. The maximum absolute atomic E-state index is 12.0. The maximum Gasteiger partial charge on any atom is 0.412 e. The van der Waals surface area contributed by atoms with Crippen molar-refractivity contribution in [2.75, 3.05) is 10.2 Å². The molecule has 6 nitrogen and oxygen atoms in total. The van der Waals surface area contributed by atoms with Crippen LogP contribution in [0.4, 0.5) is 22.0 Å². The summed E-state index contributed by atoms with van der Waals surface area (Å²) in [4.78, 5) is 17.8. The fourth-order valence-electron chi connectivity index (χ4n) is 3.63. The number of ether oxygens (including phenoxy) is 1. The molecule has 1 amide bonds. The van der Waals surface area contributed by atoms with E-state index in [4.69, 9.17) is 4.74 Å². The average Bonchev–Trinajstić information content (AvgIpc) is 2.75. The third-order valence-corrected chi connectivity index (χ3v) is 4.97. The molecule has 32 heavy (non-hydrogen) atoms. The van der Waals surface area contributed by atoms with Gasteiger partial charge in [-0.05, 0) is 51.1 Å². The molecule has 0 aliphatic carbocycles. The lowest BCUT2D eigenvalue weighted by molar-refractivity contribution is 0.196. The number of nitrogens with one attached hydrogen (secondary N) is 1. The first-order valence-corrected chi connectivity index (χ1v) is 10.3. The number of para-hydroxylation sites is 1. The van der Waals surface area contributed by atoms with E-state index < -0.39 is 11.6 Å². The predicted octanol–water partition coefficient (Wildman–Crippen LogP) is 7.05. The van der Waals surface area contributed by atoms with Crippen molar-refractivity contribution in [3.63, 3.8) is 0 Å². The largest absolute Gasteiger partial charge is 0.465 e. The molecule has 0 atom stereocenters. The summed E-state index contributed by atoms with van der Waals surface area (Å²) in [6.45, 7) is 5.62. The van der Waals surface area contributed by atoms with Gasteiger partial charge in [0.2, 0.25) is 0 Å². The van der Waals surface area contributed by atoms with Crippen LogP contribution in [0.2, 0.25) is 0 Å². The standard InChI is InChI=1S/C26H25N3O3/c1-26(2,3)29(25(30)31)22-13-14-23(21-12-8-7-11-20(21)22)32-19-15-16-27-24(17-19)28-18-9-5-4-6-10-18/h4-17H,1-3H3,(H,27,28)(H,30,31). The third kappa shape index (κ3) is 4.49. The van der Waals surface area contributed by atoms with Gasteiger partial charge in [-0.15, -0.1) is 0 Å². The molecule has 0 radical (unpaired) electrons. The molecule has 2 N–H and O–H groups in total. The highest BCUT2D eigenvalue weighted by Crippen LogP contribution is 2.38. The molecule has 1 aromatic heterocycles. The topological polar surface area (TPSA) is 74.7 Å². The number of fused-ring (bicyclic) bond motifs is 1. The van der Waals surface area contributed by atoms with E-state index in [-0.39, 0.29) is 0 Å². The first-order chi connectivity index (χ1) is 15.3. The zero-order valence-electron chi connectivity index (χ0n) is 18.2. The fraction of sp³-hybridized carbons (Fsp3) is 0.154. The number of amides is 1. The monoisotopic (exact) mass is 427 g/mol. The molecular formula is C26H25N3O3. The molecule has 0 spiro atoms. The number of aromatic nitrogens is 1. The van der Waals surface area contributed by atoms with Crippen molar-refractivity contribution in [2.45, 2.75) is 26.3 Å². The molecule has 0 aliphatic rings. The molecule has 4 rings (SSSR count). The lowest BCUT2D eigenvalue weighted by Gasteiger charge is -2.34. The molecule has 4 aromatic rings. The van der Waals surface area contributed by atoms with Crippen molar-refractivity contribution >= 4 is 34.1 Å². The number of rotatable bonds is 5. The van der Waals surface area contributed by atoms with E-state index in [1.54, 1.807) is 18.3 Å². The van der Waals surface area contributed by atoms with E-state index >= 15 is 0 Å². The summed E-state index contributed by atoms with van der Waals surface area (Å²) in [5, 5.41) is 14.7. The summed E-state index contributed by atoms with van der Waals surface area (Å²) in [5.74, 6) is 1.93. The number of nitrogens with zero attached hydrogens (tertiary/aromatic N) is 2. The van der Waals surface area contributed by atoms with E-state index in [2.05, 4.69) is 10.3 Å². The summed E-state index contributed by atoms with van der Waals surface area (Å²) in [7, 11) is 0. The van der Waals surface area contributed by atoms with Crippen molar-refractivity contribution in [2.24, 2.45) is 0 Å². The molecular weight excluding hydrogens is 402 g/mol. The quantitative estimate of drug-likeness (QED) is 0.357. The van der Waals surface area contributed by atoms with Crippen LogP contribution in [0.1, 0.15) is 20.8 Å². The fourth-order valence-corrected chi connectivity index (χ4v) is 3.63. The Morgan fingerprint density at radius 3 is 2.31 bits per heavy atom. The van der Waals surface area contributed by atoms with Gasteiger partial charge in [0.15, 0.2) is 0 Å². The molecule has 162 valence electrons. The SMILES string of the molecule is CC(C)(C)N(C(=O)O)c1ccc(Oc2ccnc(Nc3ccccc3)c2)c2ccccc12. The number of benzene rings is 3. The normalized spacial score (nSPS) is 11.2. The van der Waals surface area contributed by atoms with Crippen LogP contribution in [0.3, 0.4) is 0 Å². The van der Waals surface area contributed by atoms with Gasteiger partial charge in [0.1, 0.15) is 17.3 Å². The lowest BCUT2D eigenvalue weighted by atomic mass is 10.0. The molecule has 0 fully saturated rings. The second-order valence-electron chi connectivity index (χ2n) is 8.39. The Labute approximate surface area is 187 Å². The summed E-state index contributed by atoms with van der Waals surface area (Å²) in [6, 6.07) is 24.7. The highest BCUT2D eigenvalue weighted by molar-refractivity contribution is 6.04. The van der Waals surface area contributed by atoms with Gasteiger partial charge in [-0.3, -0.25) is 4.90 Å². The molecule has 0 saturated carbocycles. The number of hydrogen-bond acceptors (Lipinski definition) is 4. The summed E-state index contributed by atoms with van der Waals surface area (Å²) in [5.41, 5.74) is 0.956. The van der Waals surface area contributed by atoms with Crippen LogP contribution >= 0.6 is 0 Å². The Kier molecular flexibility index (Phi) is 5.69. The molecule has 0 bridgehead atoms. The summed E-state index contributed by atoms with van der Waals surface area (Å²) in [6.07, 6.45) is 0.685. The molecule has 1 heterocycles. The van der Waals surface area contributed by atoms with Crippen molar-refractivity contribution in [3.8, 4) is 11.5 Å². The van der Waals surface area contributed by atoms with Crippen LogP contribution in [0, 0.1) is 0 Å². The number of carbonyl (C=O) groups is 1. The minimum atomic E-state index is -0.998. The highest BCUT2D eigenvalue weighted by Gasteiger charge is 2.29. The molecule has 0 aliphatic heterocycles. The van der Waals surface area contributed by atoms with Crippen molar-refractivity contribution in [3.05, 3.63) is 85.1 Å². The van der Waals surface area contributed by atoms with Gasteiger partial charge in [0, 0.05) is 34.3 Å². The zero-order valence-corrected chi connectivity index (χ0v) is 18.2. The van der Waals surface area contributed by atoms with E-state index in [9.17, 15) is 9.90 Å². The van der Waals surface area contributed by atoms with Crippen LogP contribution in [0.5, 0.6) is 11.5 Å². The van der Waals surface area contributed by atoms with Crippen LogP contribution in [-0.4, -0.2) is 21.7 Å². The van der Waals surface area contributed by atoms with E-state index in [1.165, 1.54) is 4.90 Å². The number of hydrogen-bond donors (Lipinski definition) is 2. The van der Waals surface area contributed by atoms with Gasteiger partial charge < -0.3 is 15.2 Å². The minimum Gasteiger partial charge on any atom is -0.465 e. The number of anilines is 3. The average molecular weight is 428 g/mol. The van der Waals surface area contributed by atoms with Crippen LogP contribution in [0.25, 0.3) is 10.8 Å². The Balaban J connectivity index is 1.70. The van der Waals surface area contributed by atoms with E-state index in [1.807, 2.05) is 87.5 Å². The van der Waals surface area contributed by atoms with Crippen LogP contribution in [0.15, 0.2) is 85.1 Å². The Hall–Kier alpha value is -4.06. The molecule has 0 unspecified atom stereocenters. The van der Waals surface area contributed by atoms with Gasteiger partial charge in [-0.1, -0.05) is 42.5 Å². The Morgan fingerprint density at radius 1 is 0.938 bits per heavy atom. The summed E-state index contributed by atoms with van der Waals surface area (Å²) < 4.78 is 6.20. The summed E-state index contributed by atoms with van der Waals surface area (Å²) >= 11 is 0. The van der Waals surface area contributed by atoms with E-state index in [0.29, 0.717) is 23.0 Å². The highest BCUT2D eigenvalue weighted by atomic mass is 16.5. The first kappa shape index (κ1) is 21.2.